The highest BCUT2D eigenvalue weighted by atomic mass is 16.5. The topological polar surface area (TPSA) is 61.9 Å². The first-order chi connectivity index (χ1) is 13.0. The maximum atomic E-state index is 12.9. The van der Waals surface area contributed by atoms with Gasteiger partial charge in [0.05, 0.1) is 19.7 Å². The summed E-state index contributed by atoms with van der Waals surface area (Å²) in [4.78, 5) is 28.8. The summed E-state index contributed by atoms with van der Waals surface area (Å²) in [5, 5.41) is 2.84. The van der Waals surface area contributed by atoms with Crippen LogP contribution < -0.4 is 15.0 Å². The Morgan fingerprint density at radius 1 is 1.22 bits per heavy atom. The first kappa shape index (κ1) is 18.9. The summed E-state index contributed by atoms with van der Waals surface area (Å²) in [5.74, 6) is 0.515. The van der Waals surface area contributed by atoms with E-state index in [0.717, 1.165) is 12.1 Å². The molecule has 0 radical (unpaired) electrons. The van der Waals surface area contributed by atoms with E-state index in [-0.39, 0.29) is 18.4 Å². The highest BCUT2D eigenvalue weighted by molar-refractivity contribution is 5.99. The van der Waals surface area contributed by atoms with Gasteiger partial charge in [-0.1, -0.05) is 24.3 Å². The molecule has 0 saturated heterocycles. The quantitative estimate of drug-likeness (QED) is 0.852. The Labute approximate surface area is 159 Å². The summed E-state index contributed by atoms with van der Waals surface area (Å²) < 4.78 is 5.16. The zero-order chi connectivity index (χ0) is 19.4. The highest BCUT2D eigenvalue weighted by Gasteiger charge is 2.30. The van der Waals surface area contributed by atoms with Crippen molar-refractivity contribution in [3.05, 3.63) is 54.1 Å². The van der Waals surface area contributed by atoms with E-state index < -0.39 is 6.04 Å². The summed E-state index contributed by atoms with van der Waals surface area (Å²) in [6.07, 6.45) is 0.870. The fourth-order valence-electron chi connectivity index (χ4n) is 3.25. The van der Waals surface area contributed by atoms with Crippen molar-refractivity contribution >= 4 is 23.2 Å². The molecule has 1 heterocycles. The summed E-state index contributed by atoms with van der Waals surface area (Å²) >= 11 is 0. The second kappa shape index (κ2) is 8.22. The summed E-state index contributed by atoms with van der Waals surface area (Å²) in [6, 6.07) is 14.8. The minimum absolute atomic E-state index is 0.0108. The van der Waals surface area contributed by atoms with Crippen molar-refractivity contribution < 1.29 is 14.3 Å². The second-order valence-corrected chi connectivity index (χ2v) is 6.74. The lowest BCUT2D eigenvalue weighted by Crippen LogP contribution is -2.47. The van der Waals surface area contributed by atoms with E-state index >= 15 is 0 Å². The number of methoxy groups -OCH3 is 1. The van der Waals surface area contributed by atoms with Gasteiger partial charge in [0.2, 0.25) is 11.8 Å². The molecule has 0 unspecified atom stereocenters. The molecule has 2 amide bonds. The van der Waals surface area contributed by atoms with E-state index in [1.807, 2.05) is 42.2 Å². The molecule has 6 nitrogen and oxygen atoms in total. The molecular formula is C21H25N3O3. The molecule has 2 aromatic rings. The van der Waals surface area contributed by atoms with E-state index in [9.17, 15) is 9.59 Å². The van der Waals surface area contributed by atoms with Gasteiger partial charge < -0.3 is 15.0 Å². The van der Waals surface area contributed by atoms with Gasteiger partial charge in [0.25, 0.3) is 0 Å². The Kier molecular flexibility index (Phi) is 5.76. The van der Waals surface area contributed by atoms with Crippen molar-refractivity contribution in [2.45, 2.75) is 19.4 Å². The Balaban J connectivity index is 1.59. The molecule has 1 atom stereocenters. The van der Waals surface area contributed by atoms with Gasteiger partial charge in [-0.15, -0.1) is 0 Å². The van der Waals surface area contributed by atoms with Gasteiger partial charge >= 0.3 is 0 Å². The molecule has 0 fully saturated rings. The van der Waals surface area contributed by atoms with E-state index in [1.165, 1.54) is 5.56 Å². The average Bonchev–Trinajstić information content (AvgIpc) is 3.11. The predicted octanol–water partition coefficient (Wildman–Crippen LogP) is 2.54. The normalized spacial score (nSPS) is 14.0. The number of carbonyl (C=O) groups is 2. The molecule has 0 spiro atoms. The molecular weight excluding hydrogens is 342 g/mol. The largest absolute Gasteiger partial charge is 0.497 e. The van der Waals surface area contributed by atoms with Crippen LogP contribution in [0.15, 0.2) is 48.5 Å². The number of fused-ring (bicyclic) bond motifs is 1. The lowest BCUT2D eigenvalue weighted by molar-refractivity contribution is -0.124. The third kappa shape index (κ3) is 4.28. The average molecular weight is 367 g/mol. The van der Waals surface area contributed by atoms with Gasteiger partial charge in [0, 0.05) is 24.0 Å². The summed E-state index contributed by atoms with van der Waals surface area (Å²) in [6.45, 7) is 2.65. The minimum atomic E-state index is -0.396. The van der Waals surface area contributed by atoms with Gasteiger partial charge in [-0.25, -0.2) is 0 Å². The van der Waals surface area contributed by atoms with Crippen molar-refractivity contribution in [2.24, 2.45) is 0 Å². The maximum absolute atomic E-state index is 12.9. The van der Waals surface area contributed by atoms with Crippen LogP contribution in [-0.2, 0) is 16.0 Å². The molecule has 3 rings (SSSR count). The van der Waals surface area contributed by atoms with Gasteiger partial charge in [-0.05, 0) is 44.2 Å². The lowest BCUT2D eigenvalue weighted by atomic mass is 10.2. The van der Waals surface area contributed by atoms with Crippen LogP contribution in [0.2, 0.25) is 0 Å². The van der Waals surface area contributed by atoms with Crippen molar-refractivity contribution in [2.75, 3.05) is 37.5 Å². The van der Waals surface area contributed by atoms with E-state index in [4.69, 9.17) is 4.74 Å². The first-order valence-electron chi connectivity index (χ1n) is 9.03. The molecule has 6 heteroatoms. The van der Waals surface area contributed by atoms with Crippen molar-refractivity contribution in [3.63, 3.8) is 0 Å². The second-order valence-electron chi connectivity index (χ2n) is 6.74. The highest BCUT2D eigenvalue weighted by Crippen LogP contribution is 2.28. The van der Waals surface area contributed by atoms with Gasteiger partial charge in [0.15, 0.2) is 0 Å². The van der Waals surface area contributed by atoms with Crippen LogP contribution in [0.25, 0.3) is 0 Å². The molecule has 1 N–H and O–H groups in total. The summed E-state index contributed by atoms with van der Waals surface area (Å²) in [7, 11) is 3.37. The number of para-hydroxylation sites is 1. The number of anilines is 2. The molecule has 0 aliphatic carbocycles. The smallest absolute Gasteiger partial charge is 0.244 e. The molecule has 1 aliphatic heterocycles. The maximum Gasteiger partial charge on any atom is 0.244 e. The van der Waals surface area contributed by atoms with Gasteiger partial charge in [-0.3, -0.25) is 14.5 Å². The number of amides is 2. The van der Waals surface area contributed by atoms with Gasteiger partial charge in [-0.2, -0.15) is 0 Å². The number of hydrogen-bond acceptors (Lipinski definition) is 4. The molecule has 2 aromatic carbocycles. The van der Waals surface area contributed by atoms with E-state index in [2.05, 4.69) is 11.4 Å². The number of nitrogens with one attached hydrogen (secondary N) is 1. The number of nitrogens with zero attached hydrogens (tertiary/aromatic N) is 2. The third-order valence-corrected chi connectivity index (χ3v) is 4.92. The number of likely N-dealkylation sites (N-methyl/N-ethyl adjacent to an activating group) is 1. The fourth-order valence-corrected chi connectivity index (χ4v) is 3.25. The summed E-state index contributed by atoms with van der Waals surface area (Å²) in [5.41, 5.74) is 2.83. The van der Waals surface area contributed by atoms with Crippen molar-refractivity contribution in [3.8, 4) is 5.75 Å². The molecule has 142 valence electrons. The Morgan fingerprint density at radius 3 is 2.78 bits per heavy atom. The van der Waals surface area contributed by atoms with Crippen LogP contribution in [0, 0.1) is 0 Å². The van der Waals surface area contributed by atoms with E-state index in [1.54, 1.807) is 31.2 Å². The Morgan fingerprint density at radius 2 is 2.00 bits per heavy atom. The fraction of sp³-hybridized carbons (Fsp3) is 0.333. The molecule has 0 aromatic heterocycles. The standard InChI is InChI=1S/C21H25N3O3/c1-15(21(26)24-12-11-16-7-4-5-10-19(16)24)23(2)14-20(25)22-17-8-6-9-18(13-17)27-3/h4-10,13,15H,11-12,14H2,1-3H3,(H,22,25)/t15-/m0/s1. The molecule has 27 heavy (non-hydrogen) atoms. The van der Waals surface area contributed by atoms with Crippen LogP contribution in [0.4, 0.5) is 11.4 Å². The Bertz CT molecular complexity index is 837. The van der Waals surface area contributed by atoms with Crippen molar-refractivity contribution in [1.82, 2.24) is 4.90 Å². The SMILES string of the molecule is COc1cccc(NC(=O)CN(C)[C@@H](C)C(=O)N2CCc3ccccc32)c1. The zero-order valence-corrected chi connectivity index (χ0v) is 15.9. The number of rotatable bonds is 6. The number of ether oxygens (including phenoxy) is 1. The van der Waals surface area contributed by atoms with Crippen LogP contribution in [0.1, 0.15) is 12.5 Å². The van der Waals surface area contributed by atoms with E-state index in [0.29, 0.717) is 18.0 Å². The minimum Gasteiger partial charge on any atom is -0.497 e. The number of carbonyl (C=O) groups excluding carboxylic acids is 2. The number of hydrogen-bond donors (Lipinski definition) is 1. The first-order valence-corrected chi connectivity index (χ1v) is 9.03. The van der Waals surface area contributed by atoms with Crippen molar-refractivity contribution in [1.29, 1.82) is 0 Å². The molecule has 0 bridgehead atoms. The monoisotopic (exact) mass is 367 g/mol. The third-order valence-electron chi connectivity index (χ3n) is 4.92. The zero-order valence-electron chi connectivity index (χ0n) is 15.9. The van der Waals surface area contributed by atoms with Crippen LogP contribution in [-0.4, -0.2) is 50.0 Å². The Hall–Kier alpha value is -2.86. The predicted molar refractivity (Wildman–Crippen MR) is 106 cm³/mol. The van der Waals surface area contributed by atoms with Crippen LogP contribution in [0.3, 0.4) is 0 Å². The van der Waals surface area contributed by atoms with Crippen LogP contribution in [0.5, 0.6) is 5.75 Å². The number of benzene rings is 2. The molecule has 1 aliphatic rings. The molecule has 0 saturated carbocycles. The lowest BCUT2D eigenvalue weighted by Gasteiger charge is -2.28. The van der Waals surface area contributed by atoms with Gasteiger partial charge in [0.1, 0.15) is 5.75 Å². The van der Waals surface area contributed by atoms with Crippen LogP contribution >= 0.6 is 0 Å².